The molecule has 0 aromatic heterocycles. The Morgan fingerprint density at radius 1 is 0.654 bits per heavy atom. The molecule has 0 N–H and O–H groups in total. The molecule has 2 nitrogen and oxygen atoms in total. The molecule has 0 rings (SSSR count). The Labute approximate surface area is 164 Å². The number of hydrogen-bond acceptors (Lipinski definition) is 2. The molecule has 2 unspecified atom stereocenters. The minimum atomic E-state index is 0.0100. The van der Waals surface area contributed by atoms with Crippen molar-refractivity contribution in [3.05, 3.63) is 0 Å². The van der Waals surface area contributed by atoms with Gasteiger partial charge in [0.15, 0.2) is 0 Å². The maximum atomic E-state index is 11.9. The van der Waals surface area contributed by atoms with E-state index < -0.39 is 0 Å². The van der Waals surface area contributed by atoms with Crippen molar-refractivity contribution in [3.8, 4) is 0 Å². The van der Waals surface area contributed by atoms with Gasteiger partial charge in [-0.1, -0.05) is 104 Å². The molecular formula is C24H48O2. The lowest BCUT2D eigenvalue weighted by molar-refractivity contribution is -0.148. The maximum Gasteiger partial charge on any atom is 0.306 e. The Hall–Kier alpha value is -0.530. The Morgan fingerprint density at radius 3 is 1.81 bits per heavy atom. The first-order valence-corrected chi connectivity index (χ1v) is 11.8. The van der Waals surface area contributed by atoms with E-state index in [0.29, 0.717) is 6.42 Å². The Balaban J connectivity index is 3.41. The largest absolute Gasteiger partial charge is 0.463 e. The first-order chi connectivity index (χ1) is 12.6. The highest BCUT2D eigenvalue weighted by Crippen LogP contribution is 2.17. The number of unbranched alkanes of at least 4 members (excludes halogenated alkanes) is 10. The summed E-state index contributed by atoms with van der Waals surface area (Å²) in [5.41, 5.74) is 0. The summed E-state index contributed by atoms with van der Waals surface area (Å²) in [7, 11) is 0. The zero-order valence-electron chi connectivity index (χ0n) is 18.5. The molecule has 156 valence electrons. The van der Waals surface area contributed by atoms with Crippen LogP contribution in [0.4, 0.5) is 0 Å². The van der Waals surface area contributed by atoms with Crippen LogP contribution in [0.2, 0.25) is 0 Å². The molecule has 0 aromatic rings. The summed E-state index contributed by atoms with van der Waals surface area (Å²) < 4.78 is 5.55. The van der Waals surface area contributed by atoms with Crippen LogP contribution in [0.3, 0.4) is 0 Å². The number of rotatable bonds is 19. The molecule has 0 heterocycles. The summed E-state index contributed by atoms with van der Waals surface area (Å²) in [4.78, 5) is 11.9. The van der Waals surface area contributed by atoms with Gasteiger partial charge in [-0.05, 0) is 32.1 Å². The first kappa shape index (κ1) is 25.5. The molecule has 0 bridgehead atoms. The van der Waals surface area contributed by atoms with Crippen molar-refractivity contribution >= 4 is 5.97 Å². The van der Waals surface area contributed by atoms with Gasteiger partial charge < -0.3 is 4.74 Å². The summed E-state index contributed by atoms with van der Waals surface area (Å²) in [5.74, 6) is 0.900. The van der Waals surface area contributed by atoms with Gasteiger partial charge >= 0.3 is 5.97 Å². The smallest absolute Gasteiger partial charge is 0.306 e. The van der Waals surface area contributed by atoms with E-state index in [9.17, 15) is 4.79 Å². The molecule has 2 heteroatoms. The summed E-state index contributed by atoms with van der Waals surface area (Å²) in [6, 6.07) is 0. The highest BCUT2D eigenvalue weighted by molar-refractivity contribution is 5.69. The fourth-order valence-electron chi connectivity index (χ4n) is 3.54. The van der Waals surface area contributed by atoms with Gasteiger partial charge in [-0.15, -0.1) is 0 Å². The Kier molecular flexibility index (Phi) is 18.8. The van der Waals surface area contributed by atoms with Crippen LogP contribution in [0, 0.1) is 5.92 Å². The van der Waals surface area contributed by atoms with E-state index in [-0.39, 0.29) is 12.1 Å². The van der Waals surface area contributed by atoms with Crippen LogP contribution >= 0.6 is 0 Å². The van der Waals surface area contributed by atoms with Crippen LogP contribution in [-0.4, -0.2) is 12.1 Å². The molecule has 0 fully saturated rings. The molecule has 26 heavy (non-hydrogen) atoms. The summed E-state index contributed by atoms with van der Waals surface area (Å²) in [5, 5.41) is 0. The SMILES string of the molecule is CCCCCCCCCC(=O)OC(C)CCCCCCC(C)CCCC. The molecule has 0 aliphatic rings. The van der Waals surface area contributed by atoms with E-state index in [0.717, 1.165) is 18.8 Å². The van der Waals surface area contributed by atoms with Crippen LogP contribution < -0.4 is 0 Å². The lowest BCUT2D eigenvalue weighted by atomic mass is 9.97. The third-order valence-electron chi connectivity index (χ3n) is 5.43. The van der Waals surface area contributed by atoms with Crippen molar-refractivity contribution in [3.63, 3.8) is 0 Å². The van der Waals surface area contributed by atoms with Crippen LogP contribution in [0.15, 0.2) is 0 Å². The number of ether oxygens (including phenoxy) is 1. The lowest BCUT2D eigenvalue weighted by Gasteiger charge is -2.13. The first-order valence-electron chi connectivity index (χ1n) is 11.8. The summed E-state index contributed by atoms with van der Waals surface area (Å²) >= 11 is 0. The van der Waals surface area contributed by atoms with Crippen LogP contribution in [-0.2, 0) is 9.53 Å². The normalized spacial score (nSPS) is 13.5. The average molecular weight is 369 g/mol. The van der Waals surface area contributed by atoms with Crippen molar-refractivity contribution < 1.29 is 9.53 Å². The number of hydrogen-bond donors (Lipinski definition) is 0. The molecule has 0 saturated carbocycles. The molecule has 0 aromatic carbocycles. The van der Waals surface area contributed by atoms with Gasteiger partial charge in [-0.2, -0.15) is 0 Å². The van der Waals surface area contributed by atoms with Crippen LogP contribution in [0.25, 0.3) is 0 Å². The van der Waals surface area contributed by atoms with E-state index in [1.165, 1.54) is 89.9 Å². The quantitative estimate of drug-likeness (QED) is 0.169. The van der Waals surface area contributed by atoms with Crippen molar-refractivity contribution in [2.75, 3.05) is 0 Å². The van der Waals surface area contributed by atoms with Crippen molar-refractivity contribution in [2.45, 2.75) is 143 Å². The number of carbonyl (C=O) groups excluding carboxylic acids is 1. The zero-order chi connectivity index (χ0) is 19.5. The zero-order valence-corrected chi connectivity index (χ0v) is 18.5. The fraction of sp³-hybridized carbons (Fsp3) is 0.958. The second-order valence-electron chi connectivity index (χ2n) is 8.41. The van der Waals surface area contributed by atoms with Crippen molar-refractivity contribution in [1.29, 1.82) is 0 Å². The third kappa shape index (κ3) is 18.3. The highest BCUT2D eigenvalue weighted by atomic mass is 16.5. The van der Waals surface area contributed by atoms with Gasteiger partial charge in [0.2, 0.25) is 0 Å². The van der Waals surface area contributed by atoms with E-state index in [2.05, 4.69) is 27.7 Å². The summed E-state index contributed by atoms with van der Waals surface area (Å²) in [6.45, 7) is 8.96. The fourth-order valence-corrected chi connectivity index (χ4v) is 3.54. The molecule has 0 saturated heterocycles. The average Bonchev–Trinajstić information content (AvgIpc) is 2.62. The molecule has 0 aliphatic heterocycles. The molecule has 0 radical (unpaired) electrons. The van der Waals surface area contributed by atoms with Gasteiger partial charge in [0.25, 0.3) is 0 Å². The predicted octanol–water partition coefficient (Wildman–Crippen LogP) is 8.23. The Morgan fingerprint density at radius 2 is 1.15 bits per heavy atom. The monoisotopic (exact) mass is 368 g/mol. The minimum Gasteiger partial charge on any atom is -0.463 e. The van der Waals surface area contributed by atoms with Gasteiger partial charge in [0.1, 0.15) is 0 Å². The Bertz CT molecular complexity index is 301. The standard InChI is InChI=1S/C24H48O2/c1-5-7-9-10-11-12-17-21-24(25)26-23(4)20-16-14-13-15-19-22(3)18-8-6-2/h22-23H,5-21H2,1-4H3. The molecule has 2 atom stereocenters. The van der Waals surface area contributed by atoms with Crippen molar-refractivity contribution in [1.82, 2.24) is 0 Å². The number of esters is 1. The van der Waals surface area contributed by atoms with Gasteiger partial charge in [0.05, 0.1) is 6.10 Å². The third-order valence-corrected chi connectivity index (χ3v) is 5.43. The predicted molar refractivity (Wildman–Crippen MR) is 115 cm³/mol. The van der Waals surface area contributed by atoms with Crippen molar-refractivity contribution in [2.24, 2.45) is 5.92 Å². The van der Waals surface area contributed by atoms with Crippen LogP contribution in [0.5, 0.6) is 0 Å². The minimum absolute atomic E-state index is 0.0100. The van der Waals surface area contributed by atoms with Gasteiger partial charge in [-0.3, -0.25) is 4.79 Å². The second kappa shape index (κ2) is 19.2. The van der Waals surface area contributed by atoms with E-state index in [1.54, 1.807) is 0 Å². The van der Waals surface area contributed by atoms with E-state index in [1.807, 2.05) is 0 Å². The topological polar surface area (TPSA) is 26.3 Å². The van der Waals surface area contributed by atoms with Crippen LogP contribution in [0.1, 0.15) is 137 Å². The molecule has 0 aliphatic carbocycles. The lowest BCUT2D eigenvalue weighted by Crippen LogP contribution is -2.14. The molecular weight excluding hydrogens is 320 g/mol. The number of carbonyl (C=O) groups is 1. The second-order valence-corrected chi connectivity index (χ2v) is 8.41. The van der Waals surface area contributed by atoms with Gasteiger partial charge in [0, 0.05) is 6.42 Å². The molecule has 0 spiro atoms. The van der Waals surface area contributed by atoms with Gasteiger partial charge in [-0.25, -0.2) is 0 Å². The van der Waals surface area contributed by atoms with E-state index in [4.69, 9.17) is 4.74 Å². The maximum absolute atomic E-state index is 11.9. The molecule has 0 amide bonds. The highest BCUT2D eigenvalue weighted by Gasteiger charge is 2.09. The summed E-state index contributed by atoms with van der Waals surface area (Å²) in [6.07, 6.45) is 21.1. The van der Waals surface area contributed by atoms with E-state index >= 15 is 0 Å².